The molecule has 1 aromatic rings. The van der Waals surface area contributed by atoms with E-state index in [1.807, 2.05) is 0 Å². The molecular formula is C12H14N2O4. The molecule has 6 heteroatoms. The number of likely N-dealkylation sites (N-methyl/N-ethyl adjacent to an activating group) is 1. The van der Waals surface area contributed by atoms with Crippen molar-refractivity contribution >= 4 is 23.5 Å². The second kappa shape index (κ2) is 5.81. The van der Waals surface area contributed by atoms with Gasteiger partial charge in [-0.3, -0.25) is 14.4 Å². The van der Waals surface area contributed by atoms with E-state index in [-0.39, 0.29) is 18.4 Å². The van der Waals surface area contributed by atoms with E-state index in [0.717, 1.165) is 4.90 Å². The van der Waals surface area contributed by atoms with Crippen LogP contribution in [0, 0.1) is 0 Å². The summed E-state index contributed by atoms with van der Waals surface area (Å²) in [4.78, 5) is 34.2. The maximum Gasteiger partial charge on any atom is 0.323 e. The Labute approximate surface area is 104 Å². The summed E-state index contributed by atoms with van der Waals surface area (Å²) >= 11 is 0. The van der Waals surface area contributed by atoms with Crippen LogP contribution in [-0.4, -0.2) is 41.4 Å². The van der Waals surface area contributed by atoms with Gasteiger partial charge >= 0.3 is 5.97 Å². The summed E-state index contributed by atoms with van der Waals surface area (Å²) in [6.45, 7) is 1.03. The standard InChI is InChI=1S/C12H14N2O4/c1-8(15)13-10-5-3-9(4-6-10)12(18)14(2)7-11(16)17/h3-6H,7H2,1-2H3,(H,13,15)(H,16,17). The third-order valence-electron chi connectivity index (χ3n) is 2.17. The van der Waals surface area contributed by atoms with E-state index in [4.69, 9.17) is 5.11 Å². The monoisotopic (exact) mass is 250 g/mol. The maximum atomic E-state index is 11.8. The van der Waals surface area contributed by atoms with Gasteiger partial charge in [0.15, 0.2) is 0 Å². The zero-order chi connectivity index (χ0) is 13.7. The zero-order valence-electron chi connectivity index (χ0n) is 10.1. The molecule has 0 spiro atoms. The molecule has 96 valence electrons. The van der Waals surface area contributed by atoms with Crippen molar-refractivity contribution in [2.45, 2.75) is 6.92 Å². The van der Waals surface area contributed by atoms with E-state index in [9.17, 15) is 14.4 Å². The minimum Gasteiger partial charge on any atom is -0.480 e. The van der Waals surface area contributed by atoms with Gasteiger partial charge in [0, 0.05) is 25.2 Å². The number of carboxylic acids is 1. The molecule has 1 aromatic carbocycles. The average molecular weight is 250 g/mol. The smallest absolute Gasteiger partial charge is 0.323 e. The van der Waals surface area contributed by atoms with Crippen LogP contribution in [0.15, 0.2) is 24.3 Å². The molecule has 0 fully saturated rings. The molecule has 0 unspecified atom stereocenters. The maximum absolute atomic E-state index is 11.8. The van der Waals surface area contributed by atoms with E-state index in [1.165, 1.54) is 26.1 Å². The molecule has 1 rings (SSSR count). The molecule has 0 saturated heterocycles. The summed E-state index contributed by atoms with van der Waals surface area (Å²) in [5.41, 5.74) is 0.952. The largest absolute Gasteiger partial charge is 0.480 e. The van der Waals surface area contributed by atoms with E-state index in [1.54, 1.807) is 12.1 Å². The first-order valence-electron chi connectivity index (χ1n) is 5.25. The lowest BCUT2D eigenvalue weighted by atomic mass is 10.2. The number of hydrogen-bond donors (Lipinski definition) is 2. The van der Waals surface area contributed by atoms with Gasteiger partial charge in [0.1, 0.15) is 6.54 Å². The number of carbonyl (C=O) groups excluding carboxylic acids is 2. The molecule has 0 aliphatic carbocycles. The van der Waals surface area contributed by atoms with Crippen molar-refractivity contribution in [2.75, 3.05) is 18.9 Å². The summed E-state index contributed by atoms with van der Waals surface area (Å²) < 4.78 is 0. The van der Waals surface area contributed by atoms with Crippen LogP contribution in [0.4, 0.5) is 5.69 Å². The molecule has 2 N–H and O–H groups in total. The molecular weight excluding hydrogens is 236 g/mol. The fraction of sp³-hybridized carbons (Fsp3) is 0.250. The first-order chi connectivity index (χ1) is 8.40. The van der Waals surface area contributed by atoms with Crippen LogP contribution in [0.5, 0.6) is 0 Å². The Hall–Kier alpha value is -2.37. The van der Waals surface area contributed by atoms with Crippen LogP contribution in [0.3, 0.4) is 0 Å². The van der Waals surface area contributed by atoms with Crippen LogP contribution < -0.4 is 5.32 Å². The molecule has 0 aromatic heterocycles. The average Bonchev–Trinajstić information content (AvgIpc) is 2.27. The quantitative estimate of drug-likeness (QED) is 0.827. The van der Waals surface area contributed by atoms with Crippen molar-refractivity contribution in [1.29, 1.82) is 0 Å². The highest BCUT2D eigenvalue weighted by Crippen LogP contribution is 2.11. The lowest BCUT2D eigenvalue weighted by Gasteiger charge is -2.14. The van der Waals surface area contributed by atoms with Crippen molar-refractivity contribution in [3.8, 4) is 0 Å². The summed E-state index contributed by atoms with van der Waals surface area (Å²) in [6, 6.07) is 6.24. The molecule has 0 aliphatic rings. The number of aliphatic carboxylic acids is 1. The second-order valence-electron chi connectivity index (χ2n) is 3.81. The number of hydrogen-bond acceptors (Lipinski definition) is 3. The lowest BCUT2D eigenvalue weighted by Crippen LogP contribution is -2.31. The predicted molar refractivity (Wildman–Crippen MR) is 65.3 cm³/mol. The Bertz CT molecular complexity index is 467. The molecule has 6 nitrogen and oxygen atoms in total. The Kier molecular flexibility index (Phi) is 4.42. The highest BCUT2D eigenvalue weighted by molar-refractivity contribution is 5.96. The Morgan fingerprint density at radius 3 is 2.22 bits per heavy atom. The van der Waals surface area contributed by atoms with Gasteiger partial charge in [-0.15, -0.1) is 0 Å². The topological polar surface area (TPSA) is 86.7 Å². The van der Waals surface area contributed by atoms with E-state index >= 15 is 0 Å². The van der Waals surface area contributed by atoms with Gasteiger partial charge in [-0.25, -0.2) is 0 Å². The number of nitrogens with one attached hydrogen (secondary N) is 1. The number of carbonyl (C=O) groups is 3. The van der Waals surface area contributed by atoms with Crippen molar-refractivity contribution in [3.63, 3.8) is 0 Å². The lowest BCUT2D eigenvalue weighted by molar-refractivity contribution is -0.137. The number of rotatable bonds is 4. The molecule has 18 heavy (non-hydrogen) atoms. The van der Waals surface area contributed by atoms with Crippen molar-refractivity contribution < 1.29 is 19.5 Å². The highest BCUT2D eigenvalue weighted by atomic mass is 16.4. The van der Waals surface area contributed by atoms with Crippen LogP contribution in [0.1, 0.15) is 17.3 Å². The van der Waals surface area contributed by atoms with Crippen LogP contribution in [-0.2, 0) is 9.59 Å². The fourth-order valence-corrected chi connectivity index (χ4v) is 1.39. The summed E-state index contributed by atoms with van der Waals surface area (Å²) in [7, 11) is 1.41. The highest BCUT2D eigenvalue weighted by Gasteiger charge is 2.13. The van der Waals surface area contributed by atoms with E-state index in [0.29, 0.717) is 11.3 Å². The molecule has 0 radical (unpaired) electrons. The third-order valence-corrected chi connectivity index (χ3v) is 2.17. The molecule has 2 amide bonds. The number of nitrogens with zero attached hydrogens (tertiary/aromatic N) is 1. The number of amides is 2. The van der Waals surface area contributed by atoms with Crippen molar-refractivity contribution in [1.82, 2.24) is 4.90 Å². The minimum atomic E-state index is -1.07. The van der Waals surface area contributed by atoms with Gasteiger partial charge in [0.25, 0.3) is 5.91 Å². The SMILES string of the molecule is CC(=O)Nc1ccc(C(=O)N(C)CC(=O)O)cc1. The number of carboxylic acid groups (broad SMARTS) is 1. The number of anilines is 1. The number of benzene rings is 1. The molecule has 0 aliphatic heterocycles. The Morgan fingerprint density at radius 1 is 1.22 bits per heavy atom. The minimum absolute atomic E-state index is 0.197. The Morgan fingerprint density at radius 2 is 1.78 bits per heavy atom. The van der Waals surface area contributed by atoms with Gasteiger partial charge in [0.05, 0.1) is 0 Å². The Balaban J connectivity index is 2.75. The summed E-state index contributed by atoms with van der Waals surface area (Å²) in [5, 5.41) is 11.2. The van der Waals surface area contributed by atoms with Crippen LogP contribution >= 0.6 is 0 Å². The molecule has 0 bridgehead atoms. The first kappa shape index (κ1) is 13.7. The van der Waals surface area contributed by atoms with Crippen molar-refractivity contribution in [2.24, 2.45) is 0 Å². The van der Waals surface area contributed by atoms with E-state index < -0.39 is 5.97 Å². The third kappa shape index (κ3) is 3.89. The van der Waals surface area contributed by atoms with Crippen molar-refractivity contribution in [3.05, 3.63) is 29.8 Å². The van der Waals surface area contributed by atoms with Crippen LogP contribution in [0.2, 0.25) is 0 Å². The summed E-state index contributed by atoms with van der Waals surface area (Å²) in [5.74, 6) is -1.65. The zero-order valence-corrected chi connectivity index (χ0v) is 10.1. The predicted octanol–water partition coefficient (Wildman–Crippen LogP) is 0.802. The van der Waals surface area contributed by atoms with Gasteiger partial charge in [-0.1, -0.05) is 0 Å². The molecule has 0 atom stereocenters. The van der Waals surface area contributed by atoms with Gasteiger partial charge < -0.3 is 15.3 Å². The van der Waals surface area contributed by atoms with Gasteiger partial charge in [0.2, 0.25) is 5.91 Å². The first-order valence-corrected chi connectivity index (χ1v) is 5.25. The second-order valence-corrected chi connectivity index (χ2v) is 3.81. The summed E-state index contributed by atoms with van der Waals surface area (Å²) in [6.07, 6.45) is 0. The van der Waals surface area contributed by atoms with Crippen LogP contribution in [0.25, 0.3) is 0 Å². The fourth-order valence-electron chi connectivity index (χ4n) is 1.39. The molecule has 0 heterocycles. The van der Waals surface area contributed by atoms with E-state index in [2.05, 4.69) is 5.32 Å². The van der Waals surface area contributed by atoms with Gasteiger partial charge in [-0.2, -0.15) is 0 Å². The van der Waals surface area contributed by atoms with Gasteiger partial charge in [-0.05, 0) is 24.3 Å². The molecule has 0 saturated carbocycles. The normalized spacial score (nSPS) is 9.67.